The lowest BCUT2D eigenvalue weighted by Gasteiger charge is -2.33. The van der Waals surface area contributed by atoms with Gasteiger partial charge in [-0.25, -0.2) is 9.98 Å². The third kappa shape index (κ3) is 8.43. The van der Waals surface area contributed by atoms with Crippen molar-refractivity contribution in [3.8, 4) is 17.1 Å². The van der Waals surface area contributed by atoms with E-state index in [1.807, 2.05) is 63.2 Å². The molecular weight excluding hydrogens is 638 g/mol. The van der Waals surface area contributed by atoms with Gasteiger partial charge in [0.2, 0.25) is 11.6 Å². The number of fused-ring (bicyclic) bond motifs is 6. The fourth-order valence-electron chi connectivity index (χ4n) is 7.25. The molecule has 4 bridgehead atoms. The number of benzene rings is 2. The first kappa shape index (κ1) is 36.5. The minimum absolute atomic E-state index is 0.0199. The minimum atomic E-state index is -1.62. The summed E-state index contributed by atoms with van der Waals surface area (Å²) in [4.78, 5) is 12.8. The molecule has 0 saturated heterocycles. The van der Waals surface area contributed by atoms with E-state index in [2.05, 4.69) is 56.8 Å². The highest BCUT2D eigenvalue weighted by molar-refractivity contribution is 6.09. The maximum absolute atomic E-state index is 11.4. The summed E-state index contributed by atoms with van der Waals surface area (Å²) < 4.78 is 12.6. The van der Waals surface area contributed by atoms with Gasteiger partial charge in [-0.15, -0.1) is 15.8 Å². The van der Waals surface area contributed by atoms with Gasteiger partial charge in [-0.1, -0.05) is 96.4 Å². The molecule has 270 valence electrons. The smallest absolute Gasteiger partial charge is 0.279 e. The molecule has 51 heavy (non-hydrogen) atoms. The van der Waals surface area contributed by atoms with Crippen LogP contribution in [0.1, 0.15) is 95.8 Å². The Hall–Kier alpha value is -4.31. The number of anilines is 1. The number of nitrogens with one attached hydrogen (secondary N) is 1. The molecule has 3 atom stereocenters. The monoisotopic (exact) mass is 692 g/mol. The maximum Gasteiger partial charge on any atom is 0.279 e. The van der Waals surface area contributed by atoms with Gasteiger partial charge in [-0.3, -0.25) is 0 Å². The molecular formula is C42H54N5O4+. The van der Waals surface area contributed by atoms with Gasteiger partial charge in [-0.05, 0) is 62.1 Å². The number of nitrogens with zero attached hydrogens (tertiary/aromatic N) is 4. The molecule has 2 fully saturated rings. The standard InChI is InChI=1S/C38H46N5O4.C4H8/c1-8-30(39-31-20-33(38(5,6)7)47-25(31)4)29-18-10-9-15-27-22-46-34-21-32(35-23(2)13-11-14-24(35)3)40-37(41-34)42-43(44,45)28-17-12-16-26(19-28)36(27)29;1-4-2-3-4/h8,11-14,16-17,19-21,27,29,36,44-45H,4,9-10,15,18,22H2,1-3,5-7H3,(H,40,41,42);4H,2-3H2,1H3/q+1;/b30-8-,39-31?;. The fourth-order valence-corrected chi connectivity index (χ4v) is 7.25. The molecule has 3 aromatic rings. The molecule has 2 aliphatic heterocycles. The summed E-state index contributed by atoms with van der Waals surface area (Å²) >= 11 is 0. The van der Waals surface area contributed by atoms with Crippen LogP contribution in [0.2, 0.25) is 0 Å². The summed E-state index contributed by atoms with van der Waals surface area (Å²) in [5.41, 5.74) is 9.18. The number of quaternary nitrogens is 1. The average molecular weight is 693 g/mol. The SMILES string of the molecule is C=C1OC(C(C)(C)C)=CC1=N/C(=C\C)C1CCCCC2COc3cc(-c4c(C)cccc4C)nc(n3)N[N+](O)(O)c3cccc(c3)C21.CC1CC1. The molecule has 1 aromatic heterocycles. The number of hydrogen-bond acceptors (Lipinski definition) is 8. The van der Waals surface area contributed by atoms with Gasteiger partial charge in [0.25, 0.3) is 5.95 Å². The number of hydrogen-bond donors (Lipinski definition) is 3. The fraction of sp³-hybridized carbons (Fsp3) is 0.452. The lowest BCUT2D eigenvalue weighted by molar-refractivity contribution is -0.273. The number of aliphatic imine (C=N–C) groups is 1. The quantitative estimate of drug-likeness (QED) is 0.234. The zero-order chi connectivity index (χ0) is 36.5. The molecule has 3 N–H and O–H groups in total. The van der Waals surface area contributed by atoms with Crippen molar-refractivity contribution in [1.29, 1.82) is 0 Å². The highest BCUT2D eigenvalue weighted by Crippen LogP contribution is 2.46. The summed E-state index contributed by atoms with van der Waals surface area (Å²) in [6, 6.07) is 15.4. The van der Waals surface area contributed by atoms with Gasteiger partial charge >= 0.3 is 0 Å². The molecule has 4 aliphatic rings. The summed E-state index contributed by atoms with van der Waals surface area (Å²) in [6.07, 6.45) is 11.0. The molecule has 3 unspecified atom stereocenters. The van der Waals surface area contributed by atoms with E-state index < -0.39 is 4.92 Å². The molecule has 0 spiro atoms. The summed E-state index contributed by atoms with van der Waals surface area (Å²) in [6.45, 7) is 19.3. The highest BCUT2D eigenvalue weighted by Gasteiger charge is 2.39. The molecule has 3 heterocycles. The van der Waals surface area contributed by atoms with E-state index in [-0.39, 0.29) is 34.8 Å². The van der Waals surface area contributed by atoms with E-state index in [1.165, 1.54) is 12.8 Å². The van der Waals surface area contributed by atoms with E-state index in [1.54, 1.807) is 6.07 Å². The largest absolute Gasteiger partial charge is 0.477 e. The second-order valence-corrected chi connectivity index (χ2v) is 15.7. The first-order valence-electron chi connectivity index (χ1n) is 18.4. The molecule has 7 rings (SSSR count). The Bertz CT molecular complexity index is 1850. The van der Waals surface area contributed by atoms with Crippen molar-refractivity contribution in [1.82, 2.24) is 14.9 Å². The van der Waals surface area contributed by atoms with Crippen LogP contribution < -0.4 is 15.1 Å². The second-order valence-electron chi connectivity index (χ2n) is 15.7. The Morgan fingerprint density at radius 1 is 1.00 bits per heavy atom. The first-order valence-corrected chi connectivity index (χ1v) is 18.4. The van der Waals surface area contributed by atoms with Gasteiger partial charge in [-0.2, -0.15) is 4.98 Å². The van der Waals surface area contributed by atoms with Gasteiger partial charge in [0, 0.05) is 52.8 Å². The summed E-state index contributed by atoms with van der Waals surface area (Å²) in [7, 11) is 0. The van der Waals surface area contributed by atoms with Gasteiger partial charge in [0.05, 0.1) is 17.2 Å². The van der Waals surface area contributed by atoms with Crippen molar-refractivity contribution in [2.24, 2.45) is 28.2 Å². The van der Waals surface area contributed by atoms with Crippen molar-refractivity contribution in [2.75, 3.05) is 12.0 Å². The van der Waals surface area contributed by atoms with Crippen LogP contribution in [-0.4, -0.2) is 32.7 Å². The predicted molar refractivity (Wildman–Crippen MR) is 203 cm³/mol. The van der Waals surface area contributed by atoms with Crippen LogP contribution in [-0.2, 0) is 4.74 Å². The average Bonchev–Trinajstić information content (AvgIpc) is 3.81. The zero-order valence-electron chi connectivity index (χ0n) is 31.2. The molecule has 2 aliphatic carbocycles. The molecule has 9 nitrogen and oxygen atoms in total. The van der Waals surface area contributed by atoms with Crippen molar-refractivity contribution in [3.63, 3.8) is 0 Å². The number of ether oxygens (including phenoxy) is 2. The van der Waals surface area contributed by atoms with Crippen molar-refractivity contribution >= 4 is 17.3 Å². The molecule has 0 amide bonds. The van der Waals surface area contributed by atoms with Crippen molar-refractivity contribution < 1.29 is 19.9 Å². The van der Waals surface area contributed by atoms with E-state index in [0.29, 0.717) is 23.9 Å². The van der Waals surface area contributed by atoms with Gasteiger partial charge in [0.15, 0.2) is 0 Å². The number of aryl methyl sites for hydroxylation is 2. The van der Waals surface area contributed by atoms with Gasteiger partial charge < -0.3 is 9.47 Å². The molecule has 9 heteroatoms. The summed E-state index contributed by atoms with van der Waals surface area (Å²) in [5, 5.41) is 22.8. The zero-order valence-corrected chi connectivity index (χ0v) is 31.2. The van der Waals surface area contributed by atoms with Crippen LogP contribution in [0.25, 0.3) is 11.3 Å². The summed E-state index contributed by atoms with van der Waals surface area (Å²) in [5.74, 6) is 3.02. The Morgan fingerprint density at radius 3 is 2.33 bits per heavy atom. The highest BCUT2D eigenvalue weighted by atomic mass is 16.9. The Kier molecular flexibility index (Phi) is 10.5. The third-order valence-corrected chi connectivity index (χ3v) is 10.4. The van der Waals surface area contributed by atoms with Crippen molar-refractivity contribution in [3.05, 3.63) is 101 Å². The molecule has 2 aromatic carbocycles. The van der Waals surface area contributed by atoms with E-state index in [4.69, 9.17) is 19.5 Å². The second kappa shape index (κ2) is 14.7. The Morgan fingerprint density at radius 2 is 1.69 bits per heavy atom. The van der Waals surface area contributed by atoms with Gasteiger partial charge in [0.1, 0.15) is 17.2 Å². The Balaban J connectivity index is 0.00000105. The topological polar surface area (TPSA) is 109 Å². The van der Waals surface area contributed by atoms with E-state index in [9.17, 15) is 10.4 Å². The predicted octanol–water partition coefficient (Wildman–Crippen LogP) is 10.4. The lowest BCUT2D eigenvalue weighted by atomic mass is 9.74. The molecule has 0 radical (unpaired) electrons. The van der Waals surface area contributed by atoms with Crippen molar-refractivity contribution in [2.45, 2.75) is 92.9 Å². The number of allylic oxidation sites excluding steroid dienone is 4. The van der Waals surface area contributed by atoms with E-state index in [0.717, 1.165) is 71.0 Å². The first-order chi connectivity index (χ1) is 24.2. The third-order valence-electron chi connectivity index (χ3n) is 10.4. The lowest BCUT2D eigenvalue weighted by Crippen LogP contribution is -2.48. The maximum atomic E-state index is 11.4. The van der Waals surface area contributed by atoms with Crippen LogP contribution >= 0.6 is 0 Å². The van der Waals surface area contributed by atoms with Crippen LogP contribution in [0.3, 0.4) is 0 Å². The van der Waals surface area contributed by atoms with Crippen LogP contribution in [0.15, 0.2) is 89.5 Å². The normalized spacial score (nSPS) is 23.9. The van der Waals surface area contributed by atoms with Crippen LogP contribution in [0, 0.1) is 37.0 Å². The number of rotatable bonds is 3. The van der Waals surface area contributed by atoms with Crippen LogP contribution in [0.4, 0.5) is 11.6 Å². The van der Waals surface area contributed by atoms with E-state index >= 15 is 0 Å². The molecule has 2 saturated carbocycles. The minimum Gasteiger partial charge on any atom is -0.477 e. The number of aromatic nitrogens is 2. The Labute approximate surface area is 302 Å². The van der Waals surface area contributed by atoms with Crippen LogP contribution in [0.5, 0.6) is 5.88 Å².